The van der Waals surface area contributed by atoms with Crippen LogP contribution in [0.5, 0.6) is 0 Å². The highest BCUT2D eigenvalue weighted by Gasteiger charge is 2.06. The minimum atomic E-state index is 0.639. The van der Waals surface area contributed by atoms with E-state index < -0.39 is 0 Å². The van der Waals surface area contributed by atoms with Crippen LogP contribution in [0, 0.1) is 0 Å². The van der Waals surface area contributed by atoms with Gasteiger partial charge in [-0.05, 0) is 25.0 Å². The Bertz CT molecular complexity index is 348. The molecule has 0 heterocycles. The van der Waals surface area contributed by atoms with Crippen molar-refractivity contribution in [1.29, 1.82) is 0 Å². The van der Waals surface area contributed by atoms with Crippen molar-refractivity contribution >= 4 is 17.1 Å². The van der Waals surface area contributed by atoms with Crippen molar-refractivity contribution in [3.05, 3.63) is 17.7 Å². The Balaban J connectivity index is 2.39. The lowest BCUT2D eigenvalue weighted by Crippen LogP contribution is -2.04. The van der Waals surface area contributed by atoms with Crippen LogP contribution in [0.3, 0.4) is 0 Å². The Kier molecular flexibility index (Phi) is 5.67. The second-order valence-electron chi connectivity index (χ2n) is 4.65. The summed E-state index contributed by atoms with van der Waals surface area (Å²) in [6.07, 6.45) is 8.58. The van der Waals surface area contributed by atoms with E-state index in [2.05, 4.69) is 6.92 Å². The number of rotatable bonds is 7. The maximum absolute atomic E-state index is 5.94. The maximum Gasteiger partial charge on any atom is 0.0601 e. The number of unbranched alkanes of at least 4 members (excludes halogenated alkanes) is 5. The van der Waals surface area contributed by atoms with E-state index in [1.807, 2.05) is 6.07 Å². The Morgan fingerprint density at radius 3 is 2.12 bits per heavy atom. The van der Waals surface area contributed by atoms with Crippen molar-refractivity contribution in [3.63, 3.8) is 0 Å². The summed E-state index contributed by atoms with van der Waals surface area (Å²) in [5.74, 6) is 0. The monoisotopic (exact) mass is 235 g/mol. The normalized spacial score (nSPS) is 10.6. The van der Waals surface area contributed by atoms with Gasteiger partial charge in [0.15, 0.2) is 0 Å². The summed E-state index contributed by atoms with van der Waals surface area (Å²) in [6.45, 7) is 2.23. The van der Waals surface area contributed by atoms with Crippen LogP contribution in [-0.2, 0) is 6.42 Å². The number of benzene rings is 1. The number of hydrogen-bond donors (Lipinski definition) is 3. The summed E-state index contributed by atoms with van der Waals surface area (Å²) in [6, 6.07) is 3.62. The highest BCUT2D eigenvalue weighted by Crippen LogP contribution is 2.27. The lowest BCUT2D eigenvalue weighted by Gasteiger charge is -2.11. The first-order valence-corrected chi connectivity index (χ1v) is 6.59. The second kappa shape index (κ2) is 7.05. The molecule has 0 atom stereocenters. The average Bonchev–Trinajstić information content (AvgIpc) is 2.32. The van der Waals surface area contributed by atoms with E-state index in [1.54, 1.807) is 6.07 Å². The van der Waals surface area contributed by atoms with E-state index in [4.69, 9.17) is 17.2 Å². The summed E-state index contributed by atoms with van der Waals surface area (Å²) in [7, 11) is 0. The van der Waals surface area contributed by atoms with Crippen LogP contribution in [0.1, 0.15) is 51.0 Å². The first kappa shape index (κ1) is 13.7. The van der Waals surface area contributed by atoms with Crippen LogP contribution >= 0.6 is 0 Å². The predicted octanol–water partition coefficient (Wildman–Crippen LogP) is 3.34. The third-order valence-corrected chi connectivity index (χ3v) is 3.21. The molecule has 17 heavy (non-hydrogen) atoms. The molecular formula is C14H25N3. The Morgan fingerprint density at radius 2 is 1.41 bits per heavy atom. The zero-order valence-corrected chi connectivity index (χ0v) is 10.8. The first-order valence-electron chi connectivity index (χ1n) is 6.59. The standard InChI is InChI=1S/C14H25N3/c1-2-3-4-5-6-7-8-11-12(15)9-10-13(16)14(11)17/h9-10H,2-8,15-17H2,1H3. The second-order valence-corrected chi connectivity index (χ2v) is 4.65. The minimum absolute atomic E-state index is 0.639. The molecule has 0 fully saturated rings. The quantitative estimate of drug-likeness (QED) is 0.501. The molecule has 0 saturated heterocycles. The average molecular weight is 235 g/mol. The van der Waals surface area contributed by atoms with Gasteiger partial charge in [-0.3, -0.25) is 0 Å². The SMILES string of the molecule is CCCCCCCCc1c(N)ccc(N)c1N. The van der Waals surface area contributed by atoms with Gasteiger partial charge in [-0.2, -0.15) is 0 Å². The summed E-state index contributed by atoms with van der Waals surface area (Å²) in [5.41, 5.74) is 20.7. The molecule has 1 rings (SSSR count). The highest BCUT2D eigenvalue weighted by atomic mass is 14.7. The van der Waals surface area contributed by atoms with Crippen LogP contribution in [0.4, 0.5) is 17.1 Å². The molecule has 1 aromatic rings. The minimum Gasteiger partial charge on any atom is -0.398 e. The molecule has 0 amide bonds. The Hall–Kier alpha value is -1.38. The molecule has 3 nitrogen and oxygen atoms in total. The molecule has 0 aliphatic carbocycles. The Labute approximate surface area is 104 Å². The third kappa shape index (κ3) is 4.17. The topological polar surface area (TPSA) is 78.1 Å². The zero-order chi connectivity index (χ0) is 12.7. The fraction of sp³-hybridized carbons (Fsp3) is 0.571. The number of nitrogen functional groups attached to an aromatic ring is 3. The predicted molar refractivity (Wildman–Crippen MR) is 76.8 cm³/mol. The molecular weight excluding hydrogens is 210 g/mol. The molecule has 1 aromatic carbocycles. The van der Waals surface area contributed by atoms with Gasteiger partial charge in [-0.15, -0.1) is 0 Å². The van der Waals surface area contributed by atoms with Gasteiger partial charge in [0.1, 0.15) is 0 Å². The zero-order valence-electron chi connectivity index (χ0n) is 10.8. The molecule has 0 unspecified atom stereocenters. The molecule has 0 aliphatic heterocycles. The van der Waals surface area contributed by atoms with Gasteiger partial charge in [-0.1, -0.05) is 39.0 Å². The summed E-state index contributed by atoms with van der Waals surface area (Å²) in [4.78, 5) is 0. The van der Waals surface area contributed by atoms with Gasteiger partial charge in [-0.25, -0.2) is 0 Å². The number of hydrogen-bond acceptors (Lipinski definition) is 3. The molecule has 96 valence electrons. The fourth-order valence-corrected chi connectivity index (χ4v) is 2.06. The molecule has 0 bridgehead atoms. The first-order chi connectivity index (χ1) is 8.16. The van der Waals surface area contributed by atoms with Crippen LogP contribution < -0.4 is 17.2 Å². The van der Waals surface area contributed by atoms with Gasteiger partial charge in [0.25, 0.3) is 0 Å². The van der Waals surface area contributed by atoms with Crippen molar-refractivity contribution in [2.45, 2.75) is 51.9 Å². The fourth-order valence-electron chi connectivity index (χ4n) is 2.06. The van der Waals surface area contributed by atoms with Gasteiger partial charge in [0, 0.05) is 11.3 Å². The van der Waals surface area contributed by atoms with Crippen molar-refractivity contribution < 1.29 is 0 Å². The molecule has 3 heteroatoms. The van der Waals surface area contributed by atoms with Crippen LogP contribution in [0.25, 0.3) is 0 Å². The van der Waals surface area contributed by atoms with E-state index in [0.29, 0.717) is 11.4 Å². The van der Waals surface area contributed by atoms with Crippen LogP contribution in [-0.4, -0.2) is 0 Å². The van der Waals surface area contributed by atoms with E-state index in [0.717, 1.165) is 24.1 Å². The number of anilines is 3. The summed E-state index contributed by atoms with van der Waals surface area (Å²) in [5, 5.41) is 0. The molecule has 0 aliphatic rings. The lowest BCUT2D eigenvalue weighted by molar-refractivity contribution is 0.608. The van der Waals surface area contributed by atoms with Crippen molar-refractivity contribution in [3.8, 4) is 0 Å². The molecule has 0 saturated carbocycles. The number of nitrogens with two attached hydrogens (primary N) is 3. The lowest BCUT2D eigenvalue weighted by atomic mass is 10.0. The maximum atomic E-state index is 5.94. The molecule has 0 radical (unpaired) electrons. The molecule has 6 N–H and O–H groups in total. The summed E-state index contributed by atoms with van der Waals surface area (Å²) >= 11 is 0. The largest absolute Gasteiger partial charge is 0.398 e. The van der Waals surface area contributed by atoms with E-state index >= 15 is 0 Å². The van der Waals surface area contributed by atoms with Gasteiger partial charge in [0.2, 0.25) is 0 Å². The smallest absolute Gasteiger partial charge is 0.0601 e. The molecule has 0 aromatic heterocycles. The van der Waals surface area contributed by atoms with Gasteiger partial charge < -0.3 is 17.2 Å². The van der Waals surface area contributed by atoms with Crippen molar-refractivity contribution in [1.82, 2.24) is 0 Å². The van der Waals surface area contributed by atoms with Crippen molar-refractivity contribution in [2.24, 2.45) is 0 Å². The molecule has 0 spiro atoms. The van der Waals surface area contributed by atoms with Crippen molar-refractivity contribution in [2.75, 3.05) is 17.2 Å². The summed E-state index contributed by atoms with van der Waals surface area (Å²) < 4.78 is 0. The Morgan fingerprint density at radius 1 is 0.824 bits per heavy atom. The third-order valence-electron chi connectivity index (χ3n) is 3.21. The van der Waals surface area contributed by atoms with Gasteiger partial charge >= 0.3 is 0 Å². The van der Waals surface area contributed by atoms with Gasteiger partial charge in [0.05, 0.1) is 11.4 Å². The van der Waals surface area contributed by atoms with Crippen LogP contribution in [0.15, 0.2) is 12.1 Å². The van der Waals surface area contributed by atoms with Crippen LogP contribution in [0.2, 0.25) is 0 Å². The van der Waals surface area contributed by atoms with E-state index in [1.165, 1.54) is 32.1 Å². The van der Waals surface area contributed by atoms with E-state index in [-0.39, 0.29) is 0 Å². The van der Waals surface area contributed by atoms with E-state index in [9.17, 15) is 0 Å². The highest BCUT2D eigenvalue weighted by molar-refractivity contribution is 5.74.